The van der Waals surface area contributed by atoms with Gasteiger partial charge in [-0.3, -0.25) is 4.79 Å². The van der Waals surface area contributed by atoms with Crippen LogP contribution in [0.2, 0.25) is 0 Å². The molecule has 1 aliphatic rings. The Balaban J connectivity index is 2.13. The molecule has 1 aromatic heterocycles. The van der Waals surface area contributed by atoms with Crippen LogP contribution in [0.4, 0.5) is 0 Å². The first-order chi connectivity index (χ1) is 7.66. The molecule has 0 unspecified atom stereocenters. The summed E-state index contributed by atoms with van der Waals surface area (Å²) in [5.74, 6) is 1.63. The van der Waals surface area contributed by atoms with E-state index in [9.17, 15) is 4.79 Å². The summed E-state index contributed by atoms with van der Waals surface area (Å²) >= 11 is 0. The number of rotatable bonds is 3. The van der Waals surface area contributed by atoms with E-state index >= 15 is 0 Å². The van der Waals surface area contributed by atoms with Crippen LogP contribution in [0.1, 0.15) is 62.2 Å². The van der Waals surface area contributed by atoms with Crippen molar-refractivity contribution in [2.45, 2.75) is 58.3 Å². The van der Waals surface area contributed by atoms with Crippen molar-refractivity contribution in [2.75, 3.05) is 0 Å². The highest BCUT2D eigenvalue weighted by Gasteiger charge is 2.20. The molecular weight excluding hydrogens is 200 g/mol. The molecule has 0 radical (unpaired) electrons. The lowest BCUT2D eigenvalue weighted by Crippen LogP contribution is -2.06. The van der Waals surface area contributed by atoms with Gasteiger partial charge in [0.05, 0.1) is 12.1 Å². The Morgan fingerprint density at radius 2 is 2.06 bits per heavy atom. The average Bonchev–Trinajstić information content (AvgIpc) is 2.60. The number of aryl methyl sites for hydroxylation is 1. The Hall–Kier alpha value is -1.12. The van der Waals surface area contributed by atoms with Gasteiger partial charge in [-0.1, -0.05) is 19.3 Å². The van der Waals surface area contributed by atoms with E-state index in [1.807, 2.05) is 0 Å². The van der Waals surface area contributed by atoms with Gasteiger partial charge in [-0.15, -0.1) is 0 Å². The minimum atomic E-state index is 0.170. The van der Waals surface area contributed by atoms with Crippen LogP contribution in [-0.4, -0.2) is 15.8 Å². The van der Waals surface area contributed by atoms with E-state index < -0.39 is 0 Å². The number of aromatic nitrogens is 2. The normalized spacial score (nSPS) is 17.6. The van der Waals surface area contributed by atoms with Crippen molar-refractivity contribution in [3.63, 3.8) is 0 Å². The lowest BCUT2D eigenvalue weighted by molar-refractivity contribution is -0.116. The highest BCUT2D eigenvalue weighted by Crippen LogP contribution is 2.33. The fourth-order valence-electron chi connectivity index (χ4n) is 2.63. The maximum atomic E-state index is 11.0. The number of carbonyl (C=O) groups excluding carboxylic acids is 1. The van der Waals surface area contributed by atoms with E-state index in [4.69, 9.17) is 0 Å². The number of nitrogens with zero attached hydrogens (tertiary/aromatic N) is 1. The van der Waals surface area contributed by atoms with Gasteiger partial charge in [0, 0.05) is 11.6 Å². The smallest absolute Gasteiger partial charge is 0.137 e. The standard InChI is InChI=1S/C13H20N2O/c1-9(16)8-12-14-10(2)13(15-12)11-6-4-3-5-7-11/h11H,3-8H2,1-2H3,(H,14,15). The van der Waals surface area contributed by atoms with Crippen LogP contribution in [0.15, 0.2) is 0 Å². The molecule has 16 heavy (non-hydrogen) atoms. The van der Waals surface area contributed by atoms with E-state index in [0.717, 1.165) is 11.5 Å². The number of nitrogens with one attached hydrogen (secondary N) is 1. The lowest BCUT2D eigenvalue weighted by Gasteiger charge is -2.20. The molecule has 1 heterocycles. The molecule has 0 aliphatic heterocycles. The van der Waals surface area contributed by atoms with Crippen LogP contribution < -0.4 is 0 Å². The number of hydrogen-bond donors (Lipinski definition) is 1. The second-order valence-corrected chi connectivity index (χ2v) is 4.91. The minimum Gasteiger partial charge on any atom is -0.345 e. The van der Waals surface area contributed by atoms with Gasteiger partial charge in [-0.05, 0) is 26.7 Å². The Kier molecular flexibility index (Phi) is 3.42. The zero-order valence-corrected chi connectivity index (χ0v) is 10.2. The molecule has 1 saturated carbocycles. The molecule has 0 spiro atoms. The summed E-state index contributed by atoms with van der Waals surface area (Å²) in [6, 6.07) is 0. The van der Waals surface area contributed by atoms with Crippen LogP contribution in [0.3, 0.4) is 0 Å². The van der Waals surface area contributed by atoms with E-state index in [2.05, 4.69) is 16.9 Å². The van der Waals surface area contributed by atoms with Gasteiger partial charge >= 0.3 is 0 Å². The number of hydrogen-bond acceptors (Lipinski definition) is 2. The van der Waals surface area contributed by atoms with Crippen LogP contribution in [0.25, 0.3) is 0 Å². The molecule has 0 saturated heterocycles. The Morgan fingerprint density at radius 1 is 1.38 bits per heavy atom. The summed E-state index contributed by atoms with van der Waals surface area (Å²) in [5.41, 5.74) is 2.36. The second-order valence-electron chi connectivity index (χ2n) is 4.91. The predicted molar refractivity (Wildman–Crippen MR) is 63.5 cm³/mol. The first-order valence-electron chi connectivity index (χ1n) is 6.21. The predicted octanol–water partition coefficient (Wildman–Crippen LogP) is 2.90. The molecule has 1 aliphatic carbocycles. The van der Waals surface area contributed by atoms with Gasteiger partial charge in [0.15, 0.2) is 0 Å². The third-order valence-corrected chi connectivity index (χ3v) is 3.38. The number of ketones is 1. The first-order valence-corrected chi connectivity index (χ1v) is 6.21. The molecule has 0 bridgehead atoms. The van der Waals surface area contributed by atoms with Gasteiger partial charge in [-0.2, -0.15) is 0 Å². The zero-order chi connectivity index (χ0) is 11.5. The van der Waals surface area contributed by atoms with Crippen LogP contribution in [0.5, 0.6) is 0 Å². The van der Waals surface area contributed by atoms with Gasteiger partial charge in [0.2, 0.25) is 0 Å². The van der Waals surface area contributed by atoms with Gasteiger partial charge in [0.25, 0.3) is 0 Å². The lowest BCUT2D eigenvalue weighted by atomic mass is 9.86. The Bertz CT molecular complexity index is 375. The Labute approximate surface area is 96.7 Å². The van der Waals surface area contributed by atoms with Crippen LogP contribution >= 0.6 is 0 Å². The fourth-order valence-corrected chi connectivity index (χ4v) is 2.63. The van der Waals surface area contributed by atoms with Crippen molar-refractivity contribution in [3.8, 4) is 0 Å². The van der Waals surface area contributed by atoms with Crippen molar-refractivity contribution in [1.29, 1.82) is 0 Å². The molecule has 1 fully saturated rings. The zero-order valence-electron chi connectivity index (χ0n) is 10.2. The maximum absolute atomic E-state index is 11.0. The van der Waals surface area contributed by atoms with Crippen molar-refractivity contribution in [3.05, 3.63) is 17.2 Å². The molecule has 0 amide bonds. The largest absolute Gasteiger partial charge is 0.345 e. The topological polar surface area (TPSA) is 45.8 Å². The summed E-state index contributed by atoms with van der Waals surface area (Å²) in [6.07, 6.45) is 6.95. The van der Waals surface area contributed by atoms with E-state index in [1.54, 1.807) is 6.92 Å². The average molecular weight is 220 g/mol. The summed E-state index contributed by atoms with van der Waals surface area (Å²) in [5, 5.41) is 0. The van der Waals surface area contributed by atoms with Gasteiger partial charge in [-0.25, -0.2) is 4.98 Å². The molecular formula is C13H20N2O. The van der Waals surface area contributed by atoms with Crippen molar-refractivity contribution >= 4 is 5.78 Å². The van der Waals surface area contributed by atoms with E-state index in [-0.39, 0.29) is 5.78 Å². The molecule has 3 heteroatoms. The van der Waals surface area contributed by atoms with E-state index in [0.29, 0.717) is 12.3 Å². The van der Waals surface area contributed by atoms with Crippen molar-refractivity contribution in [2.24, 2.45) is 0 Å². The second kappa shape index (κ2) is 4.81. The highest BCUT2D eigenvalue weighted by atomic mass is 16.1. The maximum Gasteiger partial charge on any atom is 0.137 e. The van der Waals surface area contributed by atoms with Crippen molar-refractivity contribution < 1.29 is 4.79 Å². The van der Waals surface area contributed by atoms with Crippen molar-refractivity contribution in [1.82, 2.24) is 9.97 Å². The van der Waals surface area contributed by atoms with Gasteiger partial charge in [0.1, 0.15) is 11.6 Å². The number of imidazole rings is 1. The first kappa shape index (κ1) is 11.4. The summed E-state index contributed by atoms with van der Waals surface area (Å²) in [7, 11) is 0. The third kappa shape index (κ3) is 2.52. The molecule has 2 rings (SSSR count). The third-order valence-electron chi connectivity index (χ3n) is 3.38. The molecule has 1 N–H and O–H groups in total. The number of Topliss-reactive ketones (excluding diaryl/α,β-unsaturated/α-hetero) is 1. The molecule has 0 atom stereocenters. The number of carbonyl (C=O) groups is 1. The minimum absolute atomic E-state index is 0.170. The van der Waals surface area contributed by atoms with Gasteiger partial charge < -0.3 is 4.98 Å². The molecule has 3 nitrogen and oxygen atoms in total. The highest BCUT2D eigenvalue weighted by molar-refractivity contribution is 5.77. The quantitative estimate of drug-likeness (QED) is 0.851. The Morgan fingerprint density at radius 3 is 2.69 bits per heavy atom. The molecule has 1 aromatic rings. The molecule has 0 aromatic carbocycles. The SMILES string of the molecule is CC(=O)Cc1nc(C2CCCCC2)c(C)[nH]1. The summed E-state index contributed by atoms with van der Waals surface area (Å²) in [6.45, 7) is 3.68. The number of H-pyrrole nitrogens is 1. The fraction of sp³-hybridized carbons (Fsp3) is 0.692. The summed E-state index contributed by atoms with van der Waals surface area (Å²) < 4.78 is 0. The number of aromatic amines is 1. The summed E-state index contributed by atoms with van der Waals surface area (Å²) in [4.78, 5) is 18.9. The van der Waals surface area contributed by atoms with Crippen LogP contribution in [0, 0.1) is 6.92 Å². The molecule has 88 valence electrons. The van der Waals surface area contributed by atoms with Crippen LogP contribution in [-0.2, 0) is 11.2 Å². The monoisotopic (exact) mass is 220 g/mol. The van der Waals surface area contributed by atoms with E-state index in [1.165, 1.54) is 37.8 Å².